The molecule has 21 heavy (non-hydrogen) atoms. The zero-order chi connectivity index (χ0) is 15.2. The van der Waals surface area contributed by atoms with E-state index in [1.165, 1.54) is 25.7 Å². The van der Waals surface area contributed by atoms with Gasteiger partial charge in [0.2, 0.25) is 0 Å². The van der Waals surface area contributed by atoms with Crippen molar-refractivity contribution in [2.45, 2.75) is 39.5 Å². The fourth-order valence-corrected chi connectivity index (χ4v) is 3.00. The number of esters is 1. The second-order valence-electron chi connectivity index (χ2n) is 5.93. The van der Waals surface area contributed by atoms with Crippen molar-refractivity contribution in [1.29, 1.82) is 0 Å². The lowest BCUT2D eigenvalue weighted by molar-refractivity contribution is 0.0526. The molecule has 4 heteroatoms. The minimum atomic E-state index is -0.323. The van der Waals surface area contributed by atoms with Gasteiger partial charge in [0.15, 0.2) is 0 Å². The van der Waals surface area contributed by atoms with E-state index < -0.39 is 0 Å². The number of nitrogens with two attached hydrogens (primary N) is 1. The van der Waals surface area contributed by atoms with Gasteiger partial charge >= 0.3 is 5.97 Å². The second kappa shape index (κ2) is 7.34. The van der Waals surface area contributed by atoms with Crippen molar-refractivity contribution in [1.82, 2.24) is 0 Å². The third kappa shape index (κ3) is 4.13. The number of nitrogen functional groups attached to an aromatic ring is 1. The number of benzene rings is 1. The molecule has 1 aliphatic carbocycles. The average molecular weight is 290 g/mol. The standard InChI is InChI=1S/C17H26N2O2/c1-3-21-17(20)13-8-9-16(15(18)10-13)19-11-14-7-5-4-6-12(14)2/h8-10,12,14,19H,3-7,11,18H2,1-2H3. The lowest BCUT2D eigenvalue weighted by atomic mass is 9.80. The molecule has 1 aliphatic rings. The van der Waals surface area contributed by atoms with Crippen LogP contribution in [-0.2, 0) is 4.74 Å². The Morgan fingerprint density at radius 2 is 2.14 bits per heavy atom. The zero-order valence-electron chi connectivity index (χ0n) is 13.0. The molecule has 0 aromatic heterocycles. The van der Waals surface area contributed by atoms with Gasteiger partial charge in [0, 0.05) is 6.54 Å². The highest BCUT2D eigenvalue weighted by Crippen LogP contribution is 2.30. The molecule has 2 rings (SSSR count). The van der Waals surface area contributed by atoms with Crippen LogP contribution in [0.2, 0.25) is 0 Å². The van der Waals surface area contributed by atoms with E-state index in [-0.39, 0.29) is 5.97 Å². The van der Waals surface area contributed by atoms with Gasteiger partial charge in [-0.05, 0) is 43.4 Å². The third-order valence-corrected chi connectivity index (χ3v) is 4.41. The number of anilines is 2. The van der Waals surface area contributed by atoms with Gasteiger partial charge in [-0.3, -0.25) is 0 Å². The third-order valence-electron chi connectivity index (χ3n) is 4.41. The molecular weight excluding hydrogens is 264 g/mol. The molecule has 1 aromatic carbocycles. The Balaban J connectivity index is 1.96. The molecule has 0 spiro atoms. The van der Waals surface area contributed by atoms with Crippen molar-refractivity contribution in [3.8, 4) is 0 Å². The van der Waals surface area contributed by atoms with Gasteiger partial charge in [-0.15, -0.1) is 0 Å². The molecule has 1 aromatic rings. The van der Waals surface area contributed by atoms with Gasteiger partial charge in [-0.25, -0.2) is 4.79 Å². The maximum Gasteiger partial charge on any atom is 0.338 e. The molecule has 0 radical (unpaired) electrons. The molecule has 1 saturated carbocycles. The molecule has 1 fully saturated rings. The quantitative estimate of drug-likeness (QED) is 0.641. The van der Waals surface area contributed by atoms with E-state index in [0.29, 0.717) is 23.8 Å². The SMILES string of the molecule is CCOC(=O)c1ccc(NCC2CCCCC2C)c(N)c1. The van der Waals surface area contributed by atoms with E-state index in [9.17, 15) is 4.79 Å². The normalized spacial score (nSPS) is 21.8. The van der Waals surface area contributed by atoms with Gasteiger partial charge in [0.1, 0.15) is 0 Å². The highest BCUT2D eigenvalue weighted by Gasteiger charge is 2.21. The van der Waals surface area contributed by atoms with Crippen LogP contribution in [0.5, 0.6) is 0 Å². The Morgan fingerprint density at radius 1 is 1.38 bits per heavy atom. The first-order valence-corrected chi connectivity index (χ1v) is 7.92. The summed E-state index contributed by atoms with van der Waals surface area (Å²) >= 11 is 0. The summed E-state index contributed by atoms with van der Waals surface area (Å²) in [5.41, 5.74) is 8.05. The Kier molecular flexibility index (Phi) is 5.48. The molecule has 0 heterocycles. The number of carbonyl (C=O) groups is 1. The number of hydrogen-bond acceptors (Lipinski definition) is 4. The van der Waals surface area contributed by atoms with Crippen molar-refractivity contribution >= 4 is 17.3 Å². The number of carbonyl (C=O) groups excluding carboxylic acids is 1. The predicted octanol–water partition coefficient (Wildman–Crippen LogP) is 3.68. The number of ether oxygens (including phenoxy) is 1. The molecule has 0 aliphatic heterocycles. The lowest BCUT2D eigenvalue weighted by Crippen LogP contribution is -2.24. The first kappa shape index (κ1) is 15.7. The molecule has 0 bridgehead atoms. The summed E-state index contributed by atoms with van der Waals surface area (Å²) in [4.78, 5) is 11.7. The van der Waals surface area contributed by atoms with Crippen LogP contribution >= 0.6 is 0 Å². The largest absolute Gasteiger partial charge is 0.462 e. The Labute approximate surface area is 127 Å². The van der Waals surface area contributed by atoms with Gasteiger partial charge in [0.05, 0.1) is 23.5 Å². The minimum Gasteiger partial charge on any atom is -0.462 e. The van der Waals surface area contributed by atoms with E-state index in [4.69, 9.17) is 10.5 Å². The van der Waals surface area contributed by atoms with Crippen LogP contribution in [0.4, 0.5) is 11.4 Å². The molecule has 116 valence electrons. The van der Waals surface area contributed by atoms with Crippen molar-refractivity contribution in [3.63, 3.8) is 0 Å². The first-order valence-electron chi connectivity index (χ1n) is 7.92. The number of rotatable bonds is 5. The highest BCUT2D eigenvalue weighted by atomic mass is 16.5. The van der Waals surface area contributed by atoms with Gasteiger partial charge < -0.3 is 15.8 Å². The van der Waals surface area contributed by atoms with Crippen molar-refractivity contribution < 1.29 is 9.53 Å². The molecular formula is C17H26N2O2. The highest BCUT2D eigenvalue weighted by molar-refractivity contribution is 5.91. The summed E-state index contributed by atoms with van der Waals surface area (Å²) in [5, 5.41) is 3.43. The summed E-state index contributed by atoms with van der Waals surface area (Å²) in [5.74, 6) is 1.16. The first-order chi connectivity index (χ1) is 10.1. The van der Waals surface area contributed by atoms with Crippen LogP contribution < -0.4 is 11.1 Å². The second-order valence-corrected chi connectivity index (χ2v) is 5.93. The number of nitrogens with one attached hydrogen (secondary N) is 1. The van der Waals surface area contributed by atoms with E-state index in [0.717, 1.165) is 18.2 Å². The molecule has 0 saturated heterocycles. The molecule has 0 amide bonds. The van der Waals surface area contributed by atoms with Crippen LogP contribution in [0.3, 0.4) is 0 Å². The molecule has 3 N–H and O–H groups in total. The summed E-state index contributed by atoms with van der Waals surface area (Å²) in [6.45, 7) is 5.45. The van der Waals surface area contributed by atoms with E-state index in [1.54, 1.807) is 19.1 Å². The smallest absolute Gasteiger partial charge is 0.338 e. The van der Waals surface area contributed by atoms with Crippen molar-refractivity contribution in [2.24, 2.45) is 11.8 Å². The maximum atomic E-state index is 11.7. The Morgan fingerprint density at radius 3 is 2.81 bits per heavy atom. The van der Waals surface area contributed by atoms with E-state index in [2.05, 4.69) is 12.2 Å². The molecule has 2 unspecified atom stereocenters. The summed E-state index contributed by atoms with van der Waals surface area (Å²) in [6, 6.07) is 5.32. The van der Waals surface area contributed by atoms with Gasteiger partial charge in [-0.1, -0.05) is 26.2 Å². The van der Waals surface area contributed by atoms with E-state index in [1.807, 2.05) is 6.07 Å². The van der Waals surface area contributed by atoms with Gasteiger partial charge in [0.25, 0.3) is 0 Å². The summed E-state index contributed by atoms with van der Waals surface area (Å²) in [7, 11) is 0. The van der Waals surface area contributed by atoms with Crippen LogP contribution in [0.1, 0.15) is 49.9 Å². The fourth-order valence-electron chi connectivity index (χ4n) is 3.00. The minimum absolute atomic E-state index is 0.323. The summed E-state index contributed by atoms with van der Waals surface area (Å²) < 4.78 is 4.98. The summed E-state index contributed by atoms with van der Waals surface area (Å²) in [6.07, 6.45) is 5.29. The average Bonchev–Trinajstić information content (AvgIpc) is 2.47. The van der Waals surface area contributed by atoms with Crippen LogP contribution in [0.15, 0.2) is 18.2 Å². The predicted molar refractivity (Wildman–Crippen MR) is 86.4 cm³/mol. The fraction of sp³-hybridized carbons (Fsp3) is 0.588. The van der Waals surface area contributed by atoms with Gasteiger partial charge in [-0.2, -0.15) is 0 Å². The van der Waals surface area contributed by atoms with Crippen LogP contribution in [0.25, 0.3) is 0 Å². The molecule has 4 nitrogen and oxygen atoms in total. The van der Waals surface area contributed by atoms with Crippen molar-refractivity contribution in [3.05, 3.63) is 23.8 Å². The number of hydrogen-bond donors (Lipinski definition) is 2. The van der Waals surface area contributed by atoms with Crippen molar-refractivity contribution in [2.75, 3.05) is 24.2 Å². The maximum absolute atomic E-state index is 11.7. The Hall–Kier alpha value is -1.71. The topological polar surface area (TPSA) is 64.3 Å². The Bertz CT molecular complexity index is 488. The monoisotopic (exact) mass is 290 g/mol. The zero-order valence-corrected chi connectivity index (χ0v) is 13.0. The van der Waals surface area contributed by atoms with Crippen LogP contribution in [-0.4, -0.2) is 19.1 Å². The van der Waals surface area contributed by atoms with E-state index >= 15 is 0 Å². The van der Waals surface area contributed by atoms with Crippen LogP contribution in [0, 0.1) is 11.8 Å². The molecule has 2 atom stereocenters. The lowest BCUT2D eigenvalue weighted by Gasteiger charge is -2.29.